The molecule has 2 aromatic carbocycles. The number of methoxy groups -OCH3 is 1. The van der Waals surface area contributed by atoms with E-state index in [2.05, 4.69) is 4.72 Å². The molecule has 0 saturated carbocycles. The molecule has 0 aliphatic heterocycles. The van der Waals surface area contributed by atoms with Crippen LogP contribution in [0.2, 0.25) is 0 Å². The Hall–Kier alpha value is -2.12. The highest BCUT2D eigenvalue weighted by atomic mass is 32.2. The molecule has 0 spiro atoms. The largest absolute Gasteiger partial charge is 0.497 e. The molecular weight excluding hydrogens is 358 g/mol. The first-order chi connectivity index (χ1) is 12.4. The molecule has 0 unspecified atom stereocenters. The van der Waals surface area contributed by atoms with Crippen LogP contribution < -0.4 is 14.4 Å². The highest BCUT2D eigenvalue weighted by Crippen LogP contribution is 2.20. The van der Waals surface area contributed by atoms with Crippen molar-refractivity contribution < 1.29 is 18.3 Å². The lowest BCUT2D eigenvalue weighted by atomic mass is 10.0. The second kappa shape index (κ2) is 9.54. The third-order valence-corrected chi connectivity index (χ3v) is 4.56. The quantitative estimate of drug-likeness (QED) is 0.707. The first kappa shape index (κ1) is 20.2. The van der Waals surface area contributed by atoms with Crippen molar-refractivity contribution in [3.05, 3.63) is 59.7 Å². The SMILES string of the molecule is CCSN[C@@H](Cc1cc(F)cc(F)c1)C(=O)N(C)c1ccc(OC)cc1. The molecule has 0 aliphatic rings. The maximum atomic E-state index is 13.5. The lowest BCUT2D eigenvalue weighted by Crippen LogP contribution is -2.44. The van der Waals surface area contributed by atoms with E-state index in [9.17, 15) is 13.6 Å². The van der Waals surface area contributed by atoms with E-state index in [4.69, 9.17) is 4.74 Å². The van der Waals surface area contributed by atoms with Gasteiger partial charge in [-0.1, -0.05) is 18.9 Å². The number of rotatable bonds is 8. The van der Waals surface area contributed by atoms with E-state index in [-0.39, 0.29) is 12.3 Å². The van der Waals surface area contributed by atoms with Crippen LogP contribution in [0.4, 0.5) is 14.5 Å². The molecule has 26 heavy (non-hydrogen) atoms. The van der Waals surface area contributed by atoms with Crippen LogP contribution in [0.1, 0.15) is 12.5 Å². The minimum Gasteiger partial charge on any atom is -0.497 e. The summed E-state index contributed by atoms with van der Waals surface area (Å²) in [5.41, 5.74) is 1.13. The summed E-state index contributed by atoms with van der Waals surface area (Å²) in [7, 11) is 3.24. The molecule has 2 rings (SSSR count). The zero-order chi connectivity index (χ0) is 19.1. The molecule has 140 valence electrons. The van der Waals surface area contributed by atoms with Gasteiger partial charge in [-0.25, -0.2) is 8.78 Å². The molecular formula is C19H22F2N2O2S. The Balaban J connectivity index is 2.19. The van der Waals surface area contributed by atoms with Crippen molar-refractivity contribution in [2.24, 2.45) is 0 Å². The topological polar surface area (TPSA) is 41.6 Å². The molecule has 0 aliphatic carbocycles. The number of ether oxygens (including phenoxy) is 1. The molecule has 0 radical (unpaired) electrons. The first-order valence-corrected chi connectivity index (χ1v) is 9.17. The van der Waals surface area contributed by atoms with Gasteiger partial charge >= 0.3 is 0 Å². The van der Waals surface area contributed by atoms with Gasteiger partial charge < -0.3 is 9.64 Å². The van der Waals surface area contributed by atoms with Gasteiger partial charge in [0.15, 0.2) is 0 Å². The van der Waals surface area contributed by atoms with Gasteiger partial charge in [0.05, 0.1) is 7.11 Å². The van der Waals surface area contributed by atoms with Crippen molar-refractivity contribution in [1.82, 2.24) is 4.72 Å². The van der Waals surface area contributed by atoms with E-state index < -0.39 is 17.7 Å². The fourth-order valence-electron chi connectivity index (χ4n) is 2.49. The fourth-order valence-corrected chi connectivity index (χ4v) is 3.05. The summed E-state index contributed by atoms with van der Waals surface area (Å²) in [6, 6.07) is 9.79. The second-order valence-electron chi connectivity index (χ2n) is 5.68. The molecule has 0 fully saturated rings. The van der Waals surface area contributed by atoms with Crippen LogP contribution in [0.15, 0.2) is 42.5 Å². The summed E-state index contributed by atoms with van der Waals surface area (Å²) in [5, 5.41) is 0. The molecule has 0 bridgehead atoms. The number of nitrogens with zero attached hydrogens (tertiary/aromatic N) is 1. The number of hydrogen-bond acceptors (Lipinski definition) is 4. The Labute approximate surface area is 156 Å². The summed E-state index contributed by atoms with van der Waals surface area (Å²) >= 11 is 1.39. The number of benzene rings is 2. The molecule has 1 amide bonds. The van der Waals surface area contributed by atoms with E-state index in [1.807, 2.05) is 6.92 Å². The van der Waals surface area contributed by atoms with Crippen molar-refractivity contribution in [2.75, 3.05) is 24.8 Å². The van der Waals surface area contributed by atoms with Gasteiger partial charge in [-0.3, -0.25) is 9.52 Å². The fraction of sp³-hybridized carbons (Fsp3) is 0.316. The van der Waals surface area contributed by atoms with Crippen molar-refractivity contribution in [1.29, 1.82) is 0 Å². The summed E-state index contributed by atoms with van der Waals surface area (Å²) in [5.74, 6) is -0.0504. The number of amides is 1. The van der Waals surface area contributed by atoms with E-state index >= 15 is 0 Å². The first-order valence-electron chi connectivity index (χ1n) is 8.18. The predicted molar refractivity (Wildman–Crippen MR) is 102 cm³/mol. The highest BCUT2D eigenvalue weighted by Gasteiger charge is 2.24. The zero-order valence-electron chi connectivity index (χ0n) is 15.0. The Kier molecular flexibility index (Phi) is 7.41. The van der Waals surface area contributed by atoms with Crippen LogP contribution in [-0.4, -0.2) is 31.9 Å². The van der Waals surface area contributed by atoms with Crippen LogP contribution in [0.5, 0.6) is 5.75 Å². The van der Waals surface area contributed by atoms with Gasteiger partial charge in [0.1, 0.15) is 23.4 Å². The Morgan fingerprint density at radius 3 is 2.35 bits per heavy atom. The van der Waals surface area contributed by atoms with E-state index in [1.165, 1.54) is 29.0 Å². The van der Waals surface area contributed by atoms with Gasteiger partial charge in [-0.15, -0.1) is 0 Å². The standard InChI is InChI=1S/C19H22F2N2O2S/c1-4-26-22-18(11-13-9-14(20)12-15(21)10-13)19(24)23(2)16-5-7-17(25-3)8-6-16/h5-10,12,18,22H,4,11H2,1-3H3/t18-/m0/s1. The maximum absolute atomic E-state index is 13.5. The number of hydrogen-bond donors (Lipinski definition) is 1. The van der Waals surface area contributed by atoms with E-state index in [1.54, 1.807) is 38.4 Å². The summed E-state index contributed by atoms with van der Waals surface area (Å²) < 4.78 is 35.1. The third-order valence-electron chi connectivity index (χ3n) is 3.82. The number of likely N-dealkylation sites (N-methyl/N-ethyl adjacent to an activating group) is 1. The minimum absolute atomic E-state index is 0.182. The van der Waals surface area contributed by atoms with Crippen LogP contribution >= 0.6 is 11.9 Å². The van der Waals surface area contributed by atoms with Crippen molar-refractivity contribution in [3.63, 3.8) is 0 Å². The Morgan fingerprint density at radius 2 is 1.81 bits per heavy atom. The van der Waals surface area contributed by atoms with E-state index in [0.717, 1.165) is 11.8 Å². The maximum Gasteiger partial charge on any atom is 0.245 e. The van der Waals surface area contributed by atoms with Gasteiger partial charge in [-0.05, 0) is 48.4 Å². The molecule has 0 heterocycles. The molecule has 0 saturated heterocycles. The summed E-state index contributed by atoms with van der Waals surface area (Å²) in [4.78, 5) is 14.4. The van der Waals surface area contributed by atoms with Crippen LogP contribution in [0.3, 0.4) is 0 Å². The lowest BCUT2D eigenvalue weighted by Gasteiger charge is -2.24. The predicted octanol–water partition coefficient (Wildman–Crippen LogP) is 3.81. The lowest BCUT2D eigenvalue weighted by molar-refractivity contribution is -0.119. The minimum atomic E-state index is -0.655. The summed E-state index contributed by atoms with van der Waals surface area (Å²) in [6.07, 6.45) is 0.182. The number of carbonyl (C=O) groups is 1. The molecule has 0 aromatic heterocycles. The molecule has 7 heteroatoms. The average Bonchev–Trinajstić information content (AvgIpc) is 2.63. The number of halogens is 2. The normalized spacial score (nSPS) is 11.9. The van der Waals surface area contributed by atoms with Crippen molar-refractivity contribution in [2.45, 2.75) is 19.4 Å². The van der Waals surface area contributed by atoms with Gasteiger partial charge in [-0.2, -0.15) is 0 Å². The zero-order valence-corrected chi connectivity index (χ0v) is 15.8. The highest BCUT2D eigenvalue weighted by molar-refractivity contribution is 7.97. The van der Waals surface area contributed by atoms with Gasteiger partial charge in [0.2, 0.25) is 5.91 Å². The monoisotopic (exact) mass is 380 g/mol. The Morgan fingerprint density at radius 1 is 1.19 bits per heavy atom. The van der Waals surface area contributed by atoms with Gasteiger partial charge in [0, 0.05) is 24.6 Å². The van der Waals surface area contributed by atoms with Gasteiger partial charge in [0.25, 0.3) is 0 Å². The van der Waals surface area contributed by atoms with E-state index in [0.29, 0.717) is 17.0 Å². The number of anilines is 1. The molecule has 4 nitrogen and oxygen atoms in total. The van der Waals surface area contributed by atoms with Crippen molar-refractivity contribution in [3.8, 4) is 5.75 Å². The average molecular weight is 380 g/mol. The van der Waals surface area contributed by atoms with Crippen LogP contribution in [0, 0.1) is 11.6 Å². The number of carbonyl (C=O) groups excluding carboxylic acids is 1. The van der Waals surface area contributed by atoms with Crippen molar-refractivity contribution >= 4 is 23.5 Å². The molecule has 1 N–H and O–H groups in total. The summed E-state index contributed by atoms with van der Waals surface area (Å²) in [6.45, 7) is 1.95. The third kappa shape index (κ3) is 5.44. The molecule has 2 aromatic rings. The Bertz CT molecular complexity index is 721. The van der Waals surface area contributed by atoms with Crippen LogP contribution in [0.25, 0.3) is 0 Å². The molecule has 1 atom stereocenters. The number of nitrogens with one attached hydrogen (secondary N) is 1. The van der Waals surface area contributed by atoms with Crippen LogP contribution in [-0.2, 0) is 11.2 Å². The second-order valence-corrected chi connectivity index (χ2v) is 6.78. The smallest absolute Gasteiger partial charge is 0.245 e.